The number of ether oxygens (including phenoxy) is 1. The molecule has 2 aromatic rings. The number of carbonyl (C=O) groups is 2. The summed E-state index contributed by atoms with van der Waals surface area (Å²) < 4.78 is 18.6. The molecular formula is C25H34FN7O3. The summed E-state index contributed by atoms with van der Waals surface area (Å²) in [6.45, 7) is 8.40. The molecule has 0 fully saturated rings. The summed E-state index contributed by atoms with van der Waals surface area (Å²) in [4.78, 5) is 37.5. The molecule has 0 spiro atoms. The molecular weight excluding hydrogens is 465 g/mol. The number of halogens is 1. The summed E-state index contributed by atoms with van der Waals surface area (Å²) in [5.74, 6) is 6.15. The summed E-state index contributed by atoms with van der Waals surface area (Å²) in [7, 11) is 1.52. The third-order valence-electron chi connectivity index (χ3n) is 4.42. The molecule has 10 nitrogen and oxygen atoms in total. The largest absolute Gasteiger partial charge is 0.444 e. The van der Waals surface area contributed by atoms with E-state index < -0.39 is 17.6 Å². The molecule has 0 radical (unpaired) electrons. The molecule has 0 aliphatic heterocycles. The molecule has 2 amide bonds. The molecule has 0 aliphatic carbocycles. The third kappa shape index (κ3) is 10.5. The summed E-state index contributed by atoms with van der Waals surface area (Å²) in [5, 5.41) is 8.95. The molecule has 0 saturated carbocycles. The van der Waals surface area contributed by atoms with E-state index in [0.717, 1.165) is 6.42 Å². The number of hydrogen-bond acceptors (Lipinski definition) is 8. The number of unbranched alkanes of at least 4 members (excludes halogenated alkanes) is 1. The molecule has 0 saturated heterocycles. The fourth-order valence-electron chi connectivity index (χ4n) is 2.76. The van der Waals surface area contributed by atoms with E-state index in [-0.39, 0.29) is 12.5 Å². The Bertz CT molecular complexity index is 1090. The van der Waals surface area contributed by atoms with Crippen LogP contribution in [0.25, 0.3) is 0 Å². The van der Waals surface area contributed by atoms with Gasteiger partial charge in [0.1, 0.15) is 18.0 Å². The molecule has 0 aromatic carbocycles. The molecule has 194 valence electrons. The van der Waals surface area contributed by atoms with Crippen LogP contribution in [-0.2, 0) is 9.53 Å². The summed E-state index contributed by atoms with van der Waals surface area (Å²) in [6.07, 6.45) is 4.50. The quantitative estimate of drug-likeness (QED) is 0.257. The number of anilines is 3. The lowest BCUT2D eigenvalue weighted by molar-refractivity contribution is -0.122. The molecule has 0 bridgehead atoms. The highest BCUT2D eigenvalue weighted by Gasteiger charge is 2.20. The van der Waals surface area contributed by atoms with Crippen molar-refractivity contribution in [3.8, 4) is 11.8 Å². The van der Waals surface area contributed by atoms with Gasteiger partial charge in [-0.25, -0.2) is 14.8 Å². The standard InChI is InChI=1S/C25H34FN7O3/c1-6-12-29-22-18(16-30-23(32-22)31-19-11-14-27-20(26)15-19)10-8-7-9-13-28-21(34)17-33(5)24(35)36-25(2,3)4/h11,14-16H,6-7,9,12-13,17H2,1-5H3,(H,28,34)(H2,27,29,30,31,32). The lowest BCUT2D eigenvalue weighted by Gasteiger charge is -2.24. The highest BCUT2D eigenvalue weighted by Crippen LogP contribution is 2.17. The first-order valence-electron chi connectivity index (χ1n) is 11.8. The Morgan fingerprint density at radius 3 is 2.69 bits per heavy atom. The zero-order valence-corrected chi connectivity index (χ0v) is 21.4. The zero-order valence-electron chi connectivity index (χ0n) is 21.4. The fourth-order valence-corrected chi connectivity index (χ4v) is 2.76. The van der Waals surface area contributed by atoms with Gasteiger partial charge in [0.15, 0.2) is 0 Å². The van der Waals surface area contributed by atoms with Crippen molar-refractivity contribution in [2.75, 3.05) is 37.3 Å². The Morgan fingerprint density at radius 2 is 2.00 bits per heavy atom. The average Bonchev–Trinajstić information content (AvgIpc) is 2.79. The summed E-state index contributed by atoms with van der Waals surface area (Å²) >= 11 is 0. The lowest BCUT2D eigenvalue weighted by Crippen LogP contribution is -2.41. The van der Waals surface area contributed by atoms with Crippen LogP contribution in [0.15, 0.2) is 24.5 Å². The Kier molecular flexibility index (Phi) is 10.9. The number of pyridine rings is 1. The van der Waals surface area contributed by atoms with Crippen molar-refractivity contribution in [1.29, 1.82) is 0 Å². The molecule has 2 heterocycles. The Balaban J connectivity index is 1.86. The van der Waals surface area contributed by atoms with Crippen LogP contribution in [0.4, 0.5) is 26.6 Å². The monoisotopic (exact) mass is 499 g/mol. The summed E-state index contributed by atoms with van der Waals surface area (Å²) in [5.41, 5.74) is 0.507. The van der Waals surface area contributed by atoms with E-state index in [0.29, 0.717) is 48.9 Å². The van der Waals surface area contributed by atoms with Gasteiger partial charge in [-0.3, -0.25) is 4.79 Å². The van der Waals surface area contributed by atoms with Crippen LogP contribution < -0.4 is 16.0 Å². The van der Waals surface area contributed by atoms with Gasteiger partial charge in [0.2, 0.25) is 17.8 Å². The van der Waals surface area contributed by atoms with Crippen LogP contribution in [0.3, 0.4) is 0 Å². The summed E-state index contributed by atoms with van der Waals surface area (Å²) in [6, 6.07) is 2.87. The van der Waals surface area contributed by atoms with E-state index in [1.54, 1.807) is 33.0 Å². The van der Waals surface area contributed by atoms with Crippen LogP contribution in [0.5, 0.6) is 0 Å². The second kappa shape index (κ2) is 13.8. The van der Waals surface area contributed by atoms with Crippen molar-refractivity contribution in [1.82, 2.24) is 25.2 Å². The number of aromatic nitrogens is 3. The second-order valence-electron chi connectivity index (χ2n) is 8.97. The van der Waals surface area contributed by atoms with E-state index in [1.165, 1.54) is 24.2 Å². The van der Waals surface area contributed by atoms with Crippen molar-refractivity contribution in [3.05, 3.63) is 36.0 Å². The van der Waals surface area contributed by atoms with E-state index >= 15 is 0 Å². The van der Waals surface area contributed by atoms with Crippen LogP contribution >= 0.6 is 0 Å². The van der Waals surface area contributed by atoms with Gasteiger partial charge in [0.05, 0.1) is 11.8 Å². The lowest BCUT2D eigenvalue weighted by atomic mass is 10.2. The van der Waals surface area contributed by atoms with Gasteiger partial charge in [-0.15, -0.1) is 0 Å². The number of hydrogen-bond donors (Lipinski definition) is 3. The van der Waals surface area contributed by atoms with E-state index in [4.69, 9.17) is 4.74 Å². The predicted octanol–water partition coefficient (Wildman–Crippen LogP) is 3.69. The maximum atomic E-state index is 13.3. The van der Waals surface area contributed by atoms with Crippen molar-refractivity contribution < 1.29 is 18.7 Å². The topological polar surface area (TPSA) is 121 Å². The Morgan fingerprint density at radius 1 is 1.22 bits per heavy atom. The molecule has 11 heteroatoms. The minimum absolute atomic E-state index is 0.0864. The Labute approximate surface area is 211 Å². The van der Waals surface area contributed by atoms with Crippen LogP contribution in [0.1, 0.15) is 52.5 Å². The molecule has 2 aromatic heterocycles. The first kappa shape index (κ1) is 28.3. The van der Waals surface area contributed by atoms with Crippen molar-refractivity contribution in [2.24, 2.45) is 0 Å². The van der Waals surface area contributed by atoms with Gasteiger partial charge >= 0.3 is 6.09 Å². The van der Waals surface area contributed by atoms with Crippen molar-refractivity contribution >= 4 is 29.5 Å². The number of amides is 2. The normalized spacial score (nSPS) is 10.6. The minimum atomic E-state index is -0.618. The van der Waals surface area contributed by atoms with Gasteiger partial charge in [-0.1, -0.05) is 18.8 Å². The maximum absolute atomic E-state index is 13.3. The van der Waals surface area contributed by atoms with Crippen LogP contribution in [0, 0.1) is 17.8 Å². The molecule has 3 N–H and O–H groups in total. The molecule has 0 unspecified atom stereocenters. The second-order valence-corrected chi connectivity index (χ2v) is 8.97. The average molecular weight is 500 g/mol. The number of nitrogens with zero attached hydrogens (tertiary/aromatic N) is 4. The number of rotatable bonds is 10. The SMILES string of the molecule is CCCNc1nc(Nc2ccnc(F)c2)ncc1C#CCCCNC(=O)CN(C)C(=O)OC(C)(C)C. The van der Waals surface area contributed by atoms with Gasteiger partial charge in [-0.05, 0) is 39.7 Å². The highest BCUT2D eigenvalue weighted by atomic mass is 19.1. The first-order chi connectivity index (χ1) is 17.1. The fraction of sp³-hybridized carbons (Fsp3) is 0.480. The predicted molar refractivity (Wildman–Crippen MR) is 136 cm³/mol. The zero-order chi connectivity index (χ0) is 26.6. The van der Waals surface area contributed by atoms with E-state index in [9.17, 15) is 14.0 Å². The molecule has 0 aliphatic rings. The van der Waals surface area contributed by atoms with Crippen molar-refractivity contribution in [3.63, 3.8) is 0 Å². The van der Waals surface area contributed by atoms with Gasteiger partial charge in [0.25, 0.3) is 0 Å². The molecule has 2 rings (SSSR count). The first-order valence-corrected chi connectivity index (χ1v) is 11.8. The molecule has 0 atom stereocenters. The van der Waals surface area contributed by atoms with Crippen molar-refractivity contribution in [2.45, 2.75) is 52.6 Å². The van der Waals surface area contributed by atoms with Crippen LogP contribution in [0.2, 0.25) is 0 Å². The van der Waals surface area contributed by atoms with Gasteiger partial charge in [0, 0.05) is 44.5 Å². The third-order valence-corrected chi connectivity index (χ3v) is 4.42. The van der Waals surface area contributed by atoms with Gasteiger partial charge < -0.3 is 25.6 Å². The maximum Gasteiger partial charge on any atom is 0.410 e. The van der Waals surface area contributed by atoms with Gasteiger partial charge in [-0.2, -0.15) is 9.37 Å². The van der Waals surface area contributed by atoms with E-state index in [1.807, 2.05) is 6.92 Å². The smallest absolute Gasteiger partial charge is 0.410 e. The number of carbonyl (C=O) groups excluding carboxylic acids is 2. The van der Waals surface area contributed by atoms with Crippen LogP contribution in [-0.4, -0.2) is 64.1 Å². The Hall–Kier alpha value is -3.94. The highest BCUT2D eigenvalue weighted by molar-refractivity contribution is 5.82. The minimum Gasteiger partial charge on any atom is -0.444 e. The number of nitrogens with one attached hydrogen (secondary N) is 3. The number of likely N-dealkylation sites (N-methyl/N-ethyl adjacent to an activating group) is 1. The van der Waals surface area contributed by atoms with E-state index in [2.05, 4.69) is 42.7 Å². The molecule has 36 heavy (non-hydrogen) atoms.